The van der Waals surface area contributed by atoms with Crippen LogP contribution in [0.1, 0.15) is 25.5 Å². The van der Waals surface area contributed by atoms with E-state index in [1.54, 1.807) is 16.3 Å². The monoisotopic (exact) mass is 355 g/mol. The van der Waals surface area contributed by atoms with E-state index >= 15 is 0 Å². The lowest BCUT2D eigenvalue weighted by atomic mass is 10.2. The van der Waals surface area contributed by atoms with E-state index in [1.165, 1.54) is 11.8 Å². The van der Waals surface area contributed by atoms with Crippen LogP contribution in [0.2, 0.25) is 0 Å². The fraction of sp³-hybridized carbons (Fsp3) is 0.667. The Labute approximate surface area is 143 Å². The molecular weight excluding hydrogens is 334 g/mol. The van der Waals surface area contributed by atoms with Crippen molar-refractivity contribution in [2.24, 2.45) is 0 Å². The standard InChI is InChI=1S/C15H21N3O3S2/c1-2-18-14(20)13-11(5-7-22-13)17-15(18)23-9-12(19)16-8-10-4-3-6-21-10/h10H,2-9H2,1H3,(H,16,19)/t10-/m0/s1. The zero-order chi connectivity index (χ0) is 16.2. The number of nitrogens with zero attached hydrogens (tertiary/aromatic N) is 2. The van der Waals surface area contributed by atoms with Crippen LogP contribution >= 0.6 is 23.5 Å². The van der Waals surface area contributed by atoms with Gasteiger partial charge in [-0.15, -0.1) is 11.8 Å². The Morgan fingerprint density at radius 1 is 1.57 bits per heavy atom. The number of nitrogens with one attached hydrogen (secondary N) is 1. The van der Waals surface area contributed by atoms with Crippen molar-refractivity contribution in [1.82, 2.24) is 14.9 Å². The SMILES string of the molecule is CCn1c(SCC(=O)NC[C@@H]2CCCO2)nc2c(c1=O)SCC2. The number of ether oxygens (including phenoxy) is 1. The molecule has 1 fully saturated rings. The third-order valence-corrected chi connectivity index (χ3v) is 6.03. The average molecular weight is 355 g/mol. The Kier molecular flexibility index (Phi) is 5.66. The van der Waals surface area contributed by atoms with E-state index < -0.39 is 0 Å². The van der Waals surface area contributed by atoms with Crippen LogP contribution in [0.4, 0.5) is 0 Å². The lowest BCUT2D eigenvalue weighted by Gasteiger charge is -2.13. The molecule has 0 radical (unpaired) electrons. The van der Waals surface area contributed by atoms with Crippen molar-refractivity contribution in [3.05, 3.63) is 16.0 Å². The van der Waals surface area contributed by atoms with Gasteiger partial charge in [0.25, 0.3) is 5.56 Å². The number of carbonyl (C=O) groups excluding carboxylic acids is 1. The first-order chi connectivity index (χ1) is 11.2. The summed E-state index contributed by atoms with van der Waals surface area (Å²) in [6.07, 6.45) is 3.05. The van der Waals surface area contributed by atoms with E-state index in [2.05, 4.69) is 10.3 Å². The molecule has 0 aromatic carbocycles. The van der Waals surface area contributed by atoms with E-state index in [0.29, 0.717) is 18.2 Å². The van der Waals surface area contributed by atoms with Crippen LogP contribution in [0.5, 0.6) is 0 Å². The Morgan fingerprint density at radius 2 is 2.43 bits per heavy atom. The molecule has 3 heterocycles. The van der Waals surface area contributed by atoms with Gasteiger partial charge in [0.1, 0.15) is 0 Å². The number of aryl methyl sites for hydroxylation is 1. The molecule has 126 valence electrons. The Bertz CT molecular complexity index is 642. The lowest BCUT2D eigenvalue weighted by Crippen LogP contribution is -2.33. The number of carbonyl (C=O) groups is 1. The molecule has 0 unspecified atom stereocenters. The maximum Gasteiger partial charge on any atom is 0.268 e. The van der Waals surface area contributed by atoms with Crippen LogP contribution in [-0.2, 0) is 22.5 Å². The molecule has 6 nitrogen and oxygen atoms in total. The number of amides is 1. The van der Waals surface area contributed by atoms with Gasteiger partial charge in [0.05, 0.1) is 22.4 Å². The fourth-order valence-electron chi connectivity index (χ4n) is 2.73. The molecule has 0 saturated carbocycles. The van der Waals surface area contributed by atoms with Gasteiger partial charge < -0.3 is 10.1 Å². The number of fused-ring (bicyclic) bond motifs is 1. The summed E-state index contributed by atoms with van der Waals surface area (Å²) in [6.45, 7) is 3.85. The second-order valence-electron chi connectivity index (χ2n) is 5.55. The Balaban J connectivity index is 1.60. The average Bonchev–Trinajstić information content (AvgIpc) is 3.22. The highest BCUT2D eigenvalue weighted by Gasteiger charge is 2.22. The van der Waals surface area contributed by atoms with Crippen molar-refractivity contribution in [1.29, 1.82) is 0 Å². The summed E-state index contributed by atoms with van der Waals surface area (Å²) in [5.74, 6) is 1.14. The molecule has 2 aliphatic heterocycles. The van der Waals surface area contributed by atoms with Gasteiger partial charge in [0.2, 0.25) is 5.91 Å². The Morgan fingerprint density at radius 3 is 3.17 bits per heavy atom. The van der Waals surface area contributed by atoms with Gasteiger partial charge in [-0.1, -0.05) is 11.8 Å². The molecular formula is C15H21N3O3S2. The number of aromatic nitrogens is 2. The summed E-state index contributed by atoms with van der Waals surface area (Å²) in [6, 6.07) is 0. The van der Waals surface area contributed by atoms with Gasteiger partial charge in [-0.25, -0.2) is 4.98 Å². The zero-order valence-corrected chi connectivity index (χ0v) is 14.8. The van der Waals surface area contributed by atoms with E-state index in [9.17, 15) is 9.59 Å². The number of hydrogen-bond acceptors (Lipinski definition) is 6. The van der Waals surface area contributed by atoms with Crippen LogP contribution < -0.4 is 10.9 Å². The minimum absolute atomic E-state index is 0.0299. The predicted octanol–water partition coefficient (Wildman–Crippen LogP) is 1.30. The van der Waals surface area contributed by atoms with E-state index in [-0.39, 0.29) is 23.3 Å². The molecule has 3 rings (SSSR count). The predicted molar refractivity (Wildman–Crippen MR) is 91.3 cm³/mol. The quantitative estimate of drug-likeness (QED) is 0.612. The number of rotatable bonds is 6. The summed E-state index contributed by atoms with van der Waals surface area (Å²) in [5, 5.41) is 3.54. The van der Waals surface area contributed by atoms with Crippen LogP contribution in [0.15, 0.2) is 14.8 Å². The first kappa shape index (κ1) is 16.9. The van der Waals surface area contributed by atoms with E-state index in [4.69, 9.17) is 4.74 Å². The molecule has 0 spiro atoms. The van der Waals surface area contributed by atoms with Crippen molar-refractivity contribution < 1.29 is 9.53 Å². The highest BCUT2D eigenvalue weighted by atomic mass is 32.2. The second kappa shape index (κ2) is 7.72. The summed E-state index contributed by atoms with van der Waals surface area (Å²) < 4.78 is 7.15. The first-order valence-electron chi connectivity index (χ1n) is 7.96. The van der Waals surface area contributed by atoms with Crippen LogP contribution in [0.3, 0.4) is 0 Å². The third kappa shape index (κ3) is 3.92. The molecule has 1 atom stereocenters. The van der Waals surface area contributed by atoms with Gasteiger partial charge in [-0.2, -0.15) is 0 Å². The maximum atomic E-state index is 12.4. The van der Waals surface area contributed by atoms with Gasteiger partial charge in [0, 0.05) is 31.9 Å². The van der Waals surface area contributed by atoms with Crippen molar-refractivity contribution in [2.75, 3.05) is 24.7 Å². The Hall–Kier alpha value is -0.990. The maximum absolute atomic E-state index is 12.4. The van der Waals surface area contributed by atoms with Crippen molar-refractivity contribution in [3.8, 4) is 0 Å². The van der Waals surface area contributed by atoms with E-state index in [0.717, 1.165) is 42.2 Å². The normalized spacial score (nSPS) is 19.8. The van der Waals surface area contributed by atoms with Crippen LogP contribution in [0.25, 0.3) is 0 Å². The minimum Gasteiger partial charge on any atom is -0.376 e. The molecule has 2 aliphatic rings. The molecule has 1 amide bonds. The van der Waals surface area contributed by atoms with Gasteiger partial charge in [-0.05, 0) is 19.8 Å². The van der Waals surface area contributed by atoms with Crippen molar-refractivity contribution >= 4 is 29.4 Å². The van der Waals surface area contributed by atoms with E-state index in [1.807, 2.05) is 6.92 Å². The third-order valence-electron chi connectivity index (χ3n) is 3.95. The molecule has 1 saturated heterocycles. The van der Waals surface area contributed by atoms with Crippen molar-refractivity contribution in [3.63, 3.8) is 0 Å². The molecule has 1 N–H and O–H groups in total. The largest absolute Gasteiger partial charge is 0.376 e. The topological polar surface area (TPSA) is 73.2 Å². The fourth-order valence-corrected chi connectivity index (χ4v) is 4.68. The minimum atomic E-state index is -0.0442. The molecule has 0 bridgehead atoms. The zero-order valence-electron chi connectivity index (χ0n) is 13.2. The molecule has 1 aromatic heterocycles. The summed E-state index contributed by atoms with van der Waals surface area (Å²) in [4.78, 5) is 29.8. The summed E-state index contributed by atoms with van der Waals surface area (Å²) in [7, 11) is 0. The first-order valence-corrected chi connectivity index (χ1v) is 9.93. The van der Waals surface area contributed by atoms with Gasteiger partial charge >= 0.3 is 0 Å². The van der Waals surface area contributed by atoms with Crippen LogP contribution in [0, 0.1) is 0 Å². The molecule has 0 aliphatic carbocycles. The number of hydrogen-bond donors (Lipinski definition) is 1. The second-order valence-corrected chi connectivity index (χ2v) is 7.59. The summed E-state index contributed by atoms with van der Waals surface area (Å²) >= 11 is 2.91. The molecule has 1 aromatic rings. The highest BCUT2D eigenvalue weighted by molar-refractivity contribution is 8.00. The van der Waals surface area contributed by atoms with Gasteiger partial charge in [-0.3, -0.25) is 14.2 Å². The smallest absolute Gasteiger partial charge is 0.268 e. The highest BCUT2D eigenvalue weighted by Crippen LogP contribution is 2.28. The molecule has 8 heteroatoms. The lowest BCUT2D eigenvalue weighted by molar-refractivity contribution is -0.119. The summed E-state index contributed by atoms with van der Waals surface area (Å²) in [5.41, 5.74) is 0.911. The number of thioether (sulfide) groups is 2. The molecule has 23 heavy (non-hydrogen) atoms. The van der Waals surface area contributed by atoms with Gasteiger partial charge in [0.15, 0.2) is 5.16 Å². The van der Waals surface area contributed by atoms with Crippen molar-refractivity contribution in [2.45, 2.75) is 48.9 Å². The van der Waals surface area contributed by atoms with Crippen LogP contribution in [-0.4, -0.2) is 46.2 Å².